The molecule has 1 heterocycles. The van der Waals surface area contributed by atoms with Gasteiger partial charge in [-0.05, 0) is 42.5 Å². The number of hydrogen-bond donors (Lipinski definition) is 0. The fourth-order valence-corrected chi connectivity index (χ4v) is 3.17. The molecule has 4 nitrogen and oxygen atoms in total. The summed E-state index contributed by atoms with van der Waals surface area (Å²) in [5.74, 6) is 4.50. The molecule has 156 valence electrons. The molecule has 1 aliphatic rings. The lowest BCUT2D eigenvalue weighted by Crippen LogP contribution is -2.50. The van der Waals surface area contributed by atoms with Gasteiger partial charge < -0.3 is 9.80 Å². The molecule has 0 aromatic heterocycles. The third-order valence-electron chi connectivity index (χ3n) is 4.55. The van der Waals surface area contributed by atoms with E-state index in [1.54, 1.807) is 18.2 Å². The Hall–Kier alpha value is -2.69. The van der Waals surface area contributed by atoms with E-state index in [1.165, 1.54) is 9.80 Å². The first-order valence-corrected chi connectivity index (χ1v) is 9.63. The predicted molar refractivity (Wildman–Crippen MR) is 107 cm³/mol. The first-order valence-electron chi connectivity index (χ1n) is 8.87. The highest BCUT2D eigenvalue weighted by Crippen LogP contribution is 2.29. The van der Waals surface area contributed by atoms with E-state index in [0.29, 0.717) is 15.6 Å². The molecule has 2 aromatic rings. The van der Waals surface area contributed by atoms with Crippen LogP contribution in [0.5, 0.6) is 0 Å². The van der Waals surface area contributed by atoms with Gasteiger partial charge in [-0.3, -0.25) is 9.59 Å². The minimum Gasteiger partial charge on any atom is -0.335 e. The van der Waals surface area contributed by atoms with Crippen molar-refractivity contribution in [3.63, 3.8) is 0 Å². The molecule has 2 amide bonds. The Bertz CT molecular complexity index is 1020. The van der Waals surface area contributed by atoms with Crippen LogP contribution in [0.2, 0.25) is 10.0 Å². The topological polar surface area (TPSA) is 40.6 Å². The summed E-state index contributed by atoms with van der Waals surface area (Å²) in [4.78, 5) is 27.8. The van der Waals surface area contributed by atoms with Crippen molar-refractivity contribution < 1.29 is 22.8 Å². The van der Waals surface area contributed by atoms with Gasteiger partial charge in [0.05, 0.1) is 15.6 Å². The number of hydrogen-bond acceptors (Lipinski definition) is 2. The molecular formula is C21H15Cl2F3N2O2. The average Bonchev–Trinajstić information content (AvgIpc) is 2.73. The monoisotopic (exact) mass is 454 g/mol. The van der Waals surface area contributed by atoms with Crippen LogP contribution in [0, 0.1) is 11.8 Å². The zero-order chi connectivity index (χ0) is 21.9. The SMILES string of the molecule is O=C(C#Cc1ccc(Cl)c(Cl)c1)N1CCN(C(=O)c2ccc(C(F)(F)F)cc2)CC1. The second kappa shape index (κ2) is 8.99. The van der Waals surface area contributed by atoms with Crippen LogP contribution in [0.15, 0.2) is 42.5 Å². The van der Waals surface area contributed by atoms with E-state index in [-0.39, 0.29) is 43.6 Å². The summed E-state index contributed by atoms with van der Waals surface area (Å²) < 4.78 is 37.9. The van der Waals surface area contributed by atoms with Gasteiger partial charge in [0.2, 0.25) is 0 Å². The number of nitrogens with zero attached hydrogens (tertiary/aromatic N) is 2. The van der Waals surface area contributed by atoms with Crippen molar-refractivity contribution in [2.75, 3.05) is 26.2 Å². The van der Waals surface area contributed by atoms with Crippen molar-refractivity contribution in [2.45, 2.75) is 6.18 Å². The Kier molecular flexibility index (Phi) is 6.59. The number of carbonyl (C=O) groups is 2. The van der Waals surface area contributed by atoms with Gasteiger partial charge in [-0.2, -0.15) is 13.2 Å². The maximum Gasteiger partial charge on any atom is 0.416 e. The average molecular weight is 455 g/mol. The van der Waals surface area contributed by atoms with Crippen molar-refractivity contribution >= 4 is 35.0 Å². The number of halogens is 5. The van der Waals surface area contributed by atoms with E-state index < -0.39 is 11.7 Å². The van der Waals surface area contributed by atoms with E-state index >= 15 is 0 Å². The van der Waals surface area contributed by atoms with Crippen molar-refractivity contribution in [1.29, 1.82) is 0 Å². The number of rotatable bonds is 1. The van der Waals surface area contributed by atoms with Gasteiger partial charge >= 0.3 is 6.18 Å². The molecule has 0 bridgehead atoms. The van der Waals surface area contributed by atoms with Gasteiger partial charge in [-0.1, -0.05) is 29.1 Å². The Morgan fingerprint density at radius 3 is 2.03 bits per heavy atom. The number of alkyl halides is 3. The van der Waals surface area contributed by atoms with Gasteiger partial charge in [0.15, 0.2) is 0 Å². The molecule has 1 aliphatic heterocycles. The van der Waals surface area contributed by atoms with Crippen LogP contribution in [0.25, 0.3) is 0 Å². The molecule has 3 rings (SSSR count). The first-order chi connectivity index (χ1) is 14.1. The normalized spacial score (nSPS) is 14.2. The summed E-state index contributed by atoms with van der Waals surface area (Å²) in [6.45, 7) is 1.09. The smallest absolute Gasteiger partial charge is 0.335 e. The minimum atomic E-state index is -4.45. The first kappa shape index (κ1) is 22.0. The third kappa shape index (κ3) is 5.26. The zero-order valence-electron chi connectivity index (χ0n) is 15.5. The van der Waals surface area contributed by atoms with Gasteiger partial charge in [-0.15, -0.1) is 0 Å². The van der Waals surface area contributed by atoms with Crippen LogP contribution in [0.4, 0.5) is 13.2 Å². The van der Waals surface area contributed by atoms with E-state index in [1.807, 2.05) is 0 Å². The standard InChI is InChI=1S/C21H15Cl2F3N2O2/c22-17-7-1-14(13-18(17)23)2-8-19(29)27-9-11-28(12-10-27)20(30)15-3-5-16(6-4-15)21(24,25)26/h1,3-7,13H,9-12H2. The molecule has 0 atom stereocenters. The number of carbonyl (C=O) groups excluding carboxylic acids is 2. The Balaban J connectivity index is 1.58. The Morgan fingerprint density at radius 1 is 0.867 bits per heavy atom. The zero-order valence-corrected chi connectivity index (χ0v) is 17.0. The summed E-state index contributed by atoms with van der Waals surface area (Å²) in [5.41, 5.74) is -0.0916. The second-order valence-electron chi connectivity index (χ2n) is 6.54. The predicted octanol–water partition coefficient (Wildman–Crippen LogP) is 4.35. The summed E-state index contributed by atoms with van der Waals surface area (Å²) in [6, 6.07) is 8.87. The highest BCUT2D eigenvalue weighted by atomic mass is 35.5. The number of amides is 2. The lowest BCUT2D eigenvalue weighted by Gasteiger charge is -2.33. The van der Waals surface area contributed by atoms with E-state index in [9.17, 15) is 22.8 Å². The molecule has 9 heteroatoms. The molecule has 0 saturated carbocycles. The summed E-state index contributed by atoms with van der Waals surface area (Å²) in [7, 11) is 0. The van der Waals surface area contributed by atoms with Crippen LogP contribution in [0.1, 0.15) is 21.5 Å². The quantitative estimate of drug-likeness (QED) is 0.601. The molecule has 0 aliphatic carbocycles. The van der Waals surface area contributed by atoms with Crippen molar-refractivity contribution in [3.05, 3.63) is 69.2 Å². The molecular weight excluding hydrogens is 440 g/mol. The summed E-state index contributed by atoms with van der Waals surface area (Å²) in [6.07, 6.45) is -4.45. The lowest BCUT2D eigenvalue weighted by atomic mass is 10.1. The van der Waals surface area contributed by atoms with E-state index in [0.717, 1.165) is 24.3 Å². The minimum absolute atomic E-state index is 0.169. The molecule has 30 heavy (non-hydrogen) atoms. The van der Waals surface area contributed by atoms with Gasteiger partial charge in [-0.25, -0.2) is 0 Å². The molecule has 1 fully saturated rings. The molecule has 2 aromatic carbocycles. The third-order valence-corrected chi connectivity index (χ3v) is 5.29. The second-order valence-corrected chi connectivity index (χ2v) is 7.35. The Morgan fingerprint density at radius 2 is 1.47 bits per heavy atom. The van der Waals surface area contributed by atoms with Gasteiger partial charge in [0, 0.05) is 43.2 Å². The van der Waals surface area contributed by atoms with Crippen LogP contribution in [-0.4, -0.2) is 47.8 Å². The van der Waals surface area contributed by atoms with Crippen LogP contribution in [-0.2, 0) is 11.0 Å². The highest BCUT2D eigenvalue weighted by Gasteiger charge is 2.31. The van der Waals surface area contributed by atoms with E-state index in [2.05, 4.69) is 11.8 Å². The lowest BCUT2D eigenvalue weighted by molar-refractivity contribution is -0.137. The molecule has 1 saturated heterocycles. The van der Waals surface area contributed by atoms with Crippen LogP contribution in [0.3, 0.4) is 0 Å². The van der Waals surface area contributed by atoms with Crippen molar-refractivity contribution in [2.24, 2.45) is 0 Å². The summed E-state index contributed by atoms with van der Waals surface area (Å²) in [5, 5.41) is 0.730. The van der Waals surface area contributed by atoms with Crippen LogP contribution >= 0.6 is 23.2 Å². The highest BCUT2D eigenvalue weighted by molar-refractivity contribution is 6.42. The van der Waals surface area contributed by atoms with Gasteiger partial charge in [0.1, 0.15) is 0 Å². The van der Waals surface area contributed by atoms with Crippen molar-refractivity contribution in [3.8, 4) is 11.8 Å². The largest absolute Gasteiger partial charge is 0.416 e. The fourth-order valence-electron chi connectivity index (χ4n) is 2.88. The fraction of sp³-hybridized carbons (Fsp3) is 0.238. The number of benzene rings is 2. The Labute approximate surface area is 181 Å². The molecule has 0 N–H and O–H groups in total. The van der Waals surface area contributed by atoms with E-state index in [4.69, 9.17) is 23.2 Å². The maximum atomic E-state index is 12.6. The summed E-state index contributed by atoms with van der Waals surface area (Å²) >= 11 is 11.8. The van der Waals surface area contributed by atoms with Gasteiger partial charge in [0.25, 0.3) is 11.8 Å². The molecule has 0 radical (unpaired) electrons. The maximum absolute atomic E-state index is 12.6. The van der Waals surface area contributed by atoms with Crippen LogP contribution < -0.4 is 0 Å². The molecule has 0 spiro atoms. The molecule has 0 unspecified atom stereocenters. The van der Waals surface area contributed by atoms with Crippen molar-refractivity contribution in [1.82, 2.24) is 9.80 Å². The number of piperazine rings is 1.